The van der Waals surface area contributed by atoms with E-state index in [2.05, 4.69) is 27.3 Å². The maximum absolute atomic E-state index is 4.53. The van der Waals surface area contributed by atoms with Gasteiger partial charge in [0.15, 0.2) is 0 Å². The molecule has 0 radical (unpaired) electrons. The lowest BCUT2D eigenvalue weighted by molar-refractivity contribution is 0.205. The van der Waals surface area contributed by atoms with E-state index in [1.807, 2.05) is 36.5 Å². The van der Waals surface area contributed by atoms with Gasteiger partial charge in [-0.2, -0.15) is 15.0 Å². The van der Waals surface area contributed by atoms with Gasteiger partial charge in [0.1, 0.15) is 0 Å². The molecule has 1 aliphatic rings. The molecule has 3 rings (SSSR count). The van der Waals surface area contributed by atoms with E-state index in [1.165, 1.54) is 25.9 Å². The van der Waals surface area contributed by atoms with E-state index in [9.17, 15) is 0 Å². The molecule has 0 amide bonds. The Morgan fingerprint density at radius 2 is 1.95 bits per heavy atom. The molecular formula is C16H23N5. The van der Waals surface area contributed by atoms with Gasteiger partial charge in [-0.3, -0.25) is 0 Å². The molecule has 1 aromatic carbocycles. The van der Waals surface area contributed by atoms with Gasteiger partial charge in [-0.25, -0.2) is 0 Å². The molecule has 2 aromatic rings. The van der Waals surface area contributed by atoms with Crippen LogP contribution in [0.1, 0.15) is 25.5 Å². The summed E-state index contributed by atoms with van der Waals surface area (Å²) in [5.74, 6) is 0. The van der Waals surface area contributed by atoms with E-state index in [-0.39, 0.29) is 0 Å². The van der Waals surface area contributed by atoms with Crippen LogP contribution in [0.5, 0.6) is 0 Å². The quantitative estimate of drug-likeness (QED) is 0.910. The highest BCUT2D eigenvalue weighted by atomic mass is 15.5. The molecule has 0 aliphatic carbocycles. The normalized spacial score (nSPS) is 17.2. The molecule has 0 unspecified atom stereocenters. The Morgan fingerprint density at radius 1 is 1.19 bits per heavy atom. The van der Waals surface area contributed by atoms with Crippen molar-refractivity contribution >= 4 is 0 Å². The van der Waals surface area contributed by atoms with E-state index in [0.717, 1.165) is 24.5 Å². The highest BCUT2D eigenvalue weighted by molar-refractivity contribution is 5.28. The van der Waals surface area contributed by atoms with Crippen LogP contribution in [0.25, 0.3) is 5.69 Å². The van der Waals surface area contributed by atoms with Gasteiger partial charge in [0.2, 0.25) is 0 Å². The molecule has 21 heavy (non-hydrogen) atoms. The molecular weight excluding hydrogens is 262 g/mol. The minimum Gasteiger partial charge on any atom is -0.308 e. The van der Waals surface area contributed by atoms with Crippen LogP contribution in [0.4, 0.5) is 0 Å². The molecule has 5 heteroatoms. The Bertz CT molecular complexity index is 543. The van der Waals surface area contributed by atoms with Gasteiger partial charge < -0.3 is 10.2 Å². The molecule has 5 nitrogen and oxygen atoms in total. The Morgan fingerprint density at radius 3 is 2.67 bits per heavy atom. The van der Waals surface area contributed by atoms with Crippen LogP contribution in [-0.4, -0.2) is 45.6 Å². The lowest BCUT2D eigenvalue weighted by Crippen LogP contribution is -2.42. The third-order valence-corrected chi connectivity index (χ3v) is 4.13. The second-order valence-corrected chi connectivity index (χ2v) is 5.55. The predicted octanol–water partition coefficient (Wildman–Crippen LogP) is 1.84. The van der Waals surface area contributed by atoms with Crippen LogP contribution in [-0.2, 0) is 6.54 Å². The van der Waals surface area contributed by atoms with Crippen molar-refractivity contribution in [3.8, 4) is 5.69 Å². The molecule has 1 aromatic heterocycles. The summed E-state index contributed by atoms with van der Waals surface area (Å²) < 4.78 is 0. The second-order valence-electron chi connectivity index (χ2n) is 5.55. The van der Waals surface area contributed by atoms with Gasteiger partial charge in [0.25, 0.3) is 0 Å². The zero-order valence-electron chi connectivity index (χ0n) is 12.6. The first-order chi connectivity index (χ1) is 10.3. The van der Waals surface area contributed by atoms with Crippen molar-refractivity contribution in [2.75, 3.05) is 19.6 Å². The van der Waals surface area contributed by atoms with Crippen LogP contribution in [0.15, 0.2) is 36.5 Å². The fraction of sp³-hybridized carbons (Fsp3) is 0.500. The molecule has 1 saturated heterocycles. The van der Waals surface area contributed by atoms with Gasteiger partial charge in [-0.15, -0.1) is 0 Å². The first kappa shape index (κ1) is 14.2. The van der Waals surface area contributed by atoms with Gasteiger partial charge >= 0.3 is 0 Å². The van der Waals surface area contributed by atoms with E-state index in [0.29, 0.717) is 6.04 Å². The third kappa shape index (κ3) is 3.68. The summed E-state index contributed by atoms with van der Waals surface area (Å²) in [5, 5.41) is 12.5. The largest absolute Gasteiger partial charge is 0.308 e. The number of piperidine rings is 1. The summed E-state index contributed by atoms with van der Waals surface area (Å²) in [7, 11) is 0. The molecule has 0 bridgehead atoms. The van der Waals surface area contributed by atoms with Gasteiger partial charge in [0.05, 0.1) is 17.6 Å². The Balaban J connectivity index is 1.52. The number of benzene rings is 1. The van der Waals surface area contributed by atoms with Gasteiger partial charge in [-0.05, 0) is 44.6 Å². The van der Waals surface area contributed by atoms with Crippen molar-refractivity contribution in [2.24, 2.45) is 0 Å². The summed E-state index contributed by atoms with van der Waals surface area (Å²) in [4.78, 5) is 4.20. The molecule has 0 saturated carbocycles. The first-order valence-electron chi connectivity index (χ1n) is 7.77. The van der Waals surface area contributed by atoms with E-state index >= 15 is 0 Å². The van der Waals surface area contributed by atoms with Crippen molar-refractivity contribution < 1.29 is 0 Å². The van der Waals surface area contributed by atoms with E-state index in [1.54, 1.807) is 4.80 Å². The summed E-state index contributed by atoms with van der Waals surface area (Å²) >= 11 is 0. The monoisotopic (exact) mass is 285 g/mol. The average Bonchev–Trinajstić information content (AvgIpc) is 3.03. The number of hydrogen-bond donors (Lipinski definition) is 1. The predicted molar refractivity (Wildman–Crippen MR) is 83.3 cm³/mol. The molecule has 1 N–H and O–H groups in total. The van der Waals surface area contributed by atoms with Crippen molar-refractivity contribution in [1.82, 2.24) is 25.2 Å². The number of para-hydroxylation sites is 1. The number of hydrogen-bond acceptors (Lipinski definition) is 4. The zero-order valence-corrected chi connectivity index (χ0v) is 12.6. The maximum Gasteiger partial charge on any atom is 0.0969 e. The van der Waals surface area contributed by atoms with Crippen molar-refractivity contribution in [1.29, 1.82) is 0 Å². The van der Waals surface area contributed by atoms with Crippen LogP contribution < -0.4 is 5.32 Å². The smallest absolute Gasteiger partial charge is 0.0969 e. The van der Waals surface area contributed by atoms with Crippen molar-refractivity contribution in [3.63, 3.8) is 0 Å². The number of nitrogens with zero attached hydrogens (tertiary/aromatic N) is 4. The number of likely N-dealkylation sites (tertiary alicyclic amines) is 1. The van der Waals surface area contributed by atoms with E-state index in [4.69, 9.17) is 0 Å². The Labute approximate surface area is 126 Å². The summed E-state index contributed by atoms with van der Waals surface area (Å²) in [6.45, 7) is 6.59. The van der Waals surface area contributed by atoms with Gasteiger partial charge in [0, 0.05) is 12.6 Å². The zero-order chi connectivity index (χ0) is 14.5. The highest BCUT2D eigenvalue weighted by Gasteiger charge is 2.17. The average molecular weight is 285 g/mol. The first-order valence-corrected chi connectivity index (χ1v) is 7.77. The minimum atomic E-state index is 0.606. The van der Waals surface area contributed by atoms with E-state index < -0.39 is 0 Å². The Hall–Kier alpha value is -1.72. The fourth-order valence-corrected chi connectivity index (χ4v) is 2.76. The summed E-state index contributed by atoms with van der Waals surface area (Å²) in [6.07, 6.45) is 4.29. The molecule has 112 valence electrons. The van der Waals surface area contributed by atoms with Gasteiger partial charge in [-0.1, -0.05) is 25.1 Å². The maximum atomic E-state index is 4.53. The van der Waals surface area contributed by atoms with Crippen LogP contribution in [0, 0.1) is 0 Å². The second kappa shape index (κ2) is 6.83. The SMILES string of the molecule is CCN1CCC(NCc2cnn(-c3ccccc3)n2)CC1. The lowest BCUT2D eigenvalue weighted by atomic mass is 10.1. The molecule has 1 aliphatic heterocycles. The van der Waals surface area contributed by atoms with Crippen LogP contribution in [0.3, 0.4) is 0 Å². The molecule has 0 atom stereocenters. The Kier molecular flexibility index (Phi) is 4.62. The number of aromatic nitrogens is 3. The molecule has 2 heterocycles. The number of rotatable bonds is 5. The van der Waals surface area contributed by atoms with Crippen molar-refractivity contribution in [2.45, 2.75) is 32.4 Å². The van der Waals surface area contributed by atoms with Crippen molar-refractivity contribution in [3.05, 3.63) is 42.2 Å². The summed E-state index contributed by atoms with van der Waals surface area (Å²) in [5.41, 5.74) is 2.00. The highest BCUT2D eigenvalue weighted by Crippen LogP contribution is 2.10. The third-order valence-electron chi connectivity index (χ3n) is 4.13. The number of nitrogens with one attached hydrogen (secondary N) is 1. The van der Waals surface area contributed by atoms with Crippen LogP contribution >= 0.6 is 0 Å². The standard InChI is InChI=1S/C16H23N5/c1-2-20-10-8-14(9-11-20)17-12-15-13-18-21(19-15)16-6-4-3-5-7-16/h3-7,13-14,17H,2,8-12H2,1H3. The molecule has 0 spiro atoms. The minimum absolute atomic E-state index is 0.606. The topological polar surface area (TPSA) is 46.0 Å². The molecule has 1 fully saturated rings. The summed E-state index contributed by atoms with van der Waals surface area (Å²) in [6, 6.07) is 10.6. The lowest BCUT2D eigenvalue weighted by Gasteiger charge is -2.31. The van der Waals surface area contributed by atoms with Crippen LogP contribution in [0.2, 0.25) is 0 Å². The fourth-order valence-electron chi connectivity index (χ4n) is 2.76.